The summed E-state index contributed by atoms with van der Waals surface area (Å²) in [5, 5.41) is 9.94. The van der Waals surface area contributed by atoms with Gasteiger partial charge in [-0.3, -0.25) is 0 Å². The molecule has 0 spiro atoms. The molecule has 26 heavy (non-hydrogen) atoms. The lowest BCUT2D eigenvalue weighted by atomic mass is 10.1. The van der Waals surface area contributed by atoms with Crippen LogP contribution in [0.3, 0.4) is 0 Å². The van der Waals surface area contributed by atoms with Gasteiger partial charge in [-0.15, -0.1) is 0 Å². The molecule has 4 nitrogen and oxygen atoms in total. The van der Waals surface area contributed by atoms with Gasteiger partial charge in [-0.25, -0.2) is 12.8 Å². The zero-order valence-electron chi connectivity index (χ0n) is 13.9. The molecule has 0 bridgehead atoms. The summed E-state index contributed by atoms with van der Waals surface area (Å²) in [6.07, 6.45) is 3.19. The maximum absolute atomic E-state index is 14.1. The van der Waals surface area contributed by atoms with Crippen molar-refractivity contribution in [2.75, 3.05) is 18.0 Å². The van der Waals surface area contributed by atoms with Gasteiger partial charge >= 0.3 is 0 Å². The Kier molecular flexibility index (Phi) is 5.65. The van der Waals surface area contributed by atoms with Crippen LogP contribution in [0.15, 0.2) is 35.2 Å². The molecule has 0 amide bonds. The van der Waals surface area contributed by atoms with Gasteiger partial charge in [0.15, 0.2) is 15.6 Å². The molecule has 0 aromatic heterocycles. The summed E-state index contributed by atoms with van der Waals surface area (Å²) in [6, 6.07) is 6.68. The fraction of sp³-hybridized carbons (Fsp3) is 0.333. The van der Waals surface area contributed by atoms with Crippen LogP contribution in [-0.2, 0) is 15.6 Å². The van der Waals surface area contributed by atoms with E-state index in [1.807, 2.05) is 0 Å². The molecule has 0 aliphatic carbocycles. The number of nitrogens with zero attached hydrogens (tertiary/aromatic N) is 1. The zero-order valence-corrected chi connectivity index (χ0v) is 16.2. The molecular weight excluding hydrogens is 400 g/mol. The van der Waals surface area contributed by atoms with Gasteiger partial charge < -0.3 is 10.0 Å². The van der Waals surface area contributed by atoms with E-state index >= 15 is 0 Å². The summed E-state index contributed by atoms with van der Waals surface area (Å²) in [5.74, 6) is -1.51. The first-order chi connectivity index (χ1) is 12.3. The highest BCUT2D eigenvalue weighted by Crippen LogP contribution is 2.36. The van der Waals surface area contributed by atoms with Crippen molar-refractivity contribution in [3.8, 4) is 5.75 Å². The summed E-state index contributed by atoms with van der Waals surface area (Å²) in [4.78, 5) is 1.69. The van der Waals surface area contributed by atoms with Crippen LogP contribution in [0.1, 0.15) is 24.8 Å². The van der Waals surface area contributed by atoms with Gasteiger partial charge in [0, 0.05) is 23.8 Å². The zero-order chi connectivity index (χ0) is 18.9. The Hall–Kier alpha value is -1.50. The molecule has 0 radical (unpaired) electrons. The predicted octanol–water partition coefficient (Wildman–Crippen LogP) is 4.80. The third-order valence-electron chi connectivity index (χ3n) is 4.35. The molecule has 140 valence electrons. The second-order valence-electron chi connectivity index (χ2n) is 6.36. The number of phenolic OH excluding ortho intramolecular Hbond substituents is 1. The van der Waals surface area contributed by atoms with E-state index in [4.69, 9.17) is 23.2 Å². The minimum Gasteiger partial charge on any atom is -0.505 e. The number of halogens is 3. The maximum Gasteiger partial charge on any atom is 0.186 e. The molecule has 3 rings (SSSR count). The van der Waals surface area contributed by atoms with E-state index in [9.17, 15) is 17.9 Å². The first-order valence-corrected chi connectivity index (χ1v) is 10.6. The van der Waals surface area contributed by atoms with E-state index < -0.39 is 27.2 Å². The van der Waals surface area contributed by atoms with Gasteiger partial charge in [-0.2, -0.15) is 0 Å². The minimum atomic E-state index is -3.96. The number of benzene rings is 2. The van der Waals surface area contributed by atoms with E-state index in [2.05, 4.69) is 4.90 Å². The van der Waals surface area contributed by atoms with Gasteiger partial charge in [0.25, 0.3) is 0 Å². The second kappa shape index (κ2) is 7.62. The van der Waals surface area contributed by atoms with Crippen LogP contribution in [0.25, 0.3) is 0 Å². The molecule has 1 fully saturated rings. The Labute approximate surface area is 162 Å². The van der Waals surface area contributed by atoms with Gasteiger partial charge in [0.2, 0.25) is 0 Å². The maximum atomic E-state index is 14.1. The summed E-state index contributed by atoms with van der Waals surface area (Å²) < 4.78 is 39.5. The molecular formula is C18H18Cl2FNO3S. The highest BCUT2D eigenvalue weighted by molar-refractivity contribution is 7.90. The van der Waals surface area contributed by atoms with Crippen LogP contribution in [0.4, 0.5) is 10.1 Å². The standard InChI is InChI=1S/C18H18Cl2FNO3S/c19-13-8-16(20)18(23)17(9-13)26(24,25)11-12-6-14(21)10-15(7-12)22-4-2-1-3-5-22/h6-10,23H,1-5,11H2. The van der Waals surface area contributed by atoms with Crippen molar-refractivity contribution >= 4 is 38.7 Å². The van der Waals surface area contributed by atoms with Gasteiger partial charge in [-0.05, 0) is 55.2 Å². The number of sulfone groups is 1. The Bertz CT molecular complexity index is 928. The van der Waals surface area contributed by atoms with E-state index in [0.29, 0.717) is 11.3 Å². The summed E-state index contributed by atoms with van der Waals surface area (Å²) in [7, 11) is -3.96. The van der Waals surface area contributed by atoms with Crippen molar-refractivity contribution in [1.82, 2.24) is 0 Å². The van der Waals surface area contributed by atoms with Gasteiger partial charge in [0.05, 0.1) is 10.8 Å². The third kappa shape index (κ3) is 4.24. The van der Waals surface area contributed by atoms with E-state index in [1.54, 1.807) is 6.07 Å². The number of hydrogen-bond acceptors (Lipinski definition) is 4. The fourth-order valence-electron chi connectivity index (χ4n) is 3.13. The van der Waals surface area contributed by atoms with Crippen molar-refractivity contribution < 1.29 is 17.9 Å². The second-order valence-corrected chi connectivity index (χ2v) is 9.16. The first-order valence-electron chi connectivity index (χ1n) is 8.21. The predicted molar refractivity (Wildman–Crippen MR) is 101 cm³/mol. The normalized spacial score (nSPS) is 15.3. The number of anilines is 1. The number of phenols is 1. The van der Waals surface area contributed by atoms with Crippen molar-refractivity contribution in [2.45, 2.75) is 29.9 Å². The average molecular weight is 418 g/mol. The monoisotopic (exact) mass is 417 g/mol. The Morgan fingerprint density at radius 3 is 2.42 bits per heavy atom. The Morgan fingerprint density at radius 2 is 1.73 bits per heavy atom. The van der Waals surface area contributed by atoms with Crippen LogP contribution in [0.5, 0.6) is 5.75 Å². The largest absolute Gasteiger partial charge is 0.505 e. The number of hydrogen-bond donors (Lipinski definition) is 1. The molecule has 0 saturated carbocycles. The number of aromatic hydroxyl groups is 1. The SMILES string of the molecule is O=S(=O)(Cc1cc(F)cc(N2CCCCC2)c1)c1cc(Cl)cc(Cl)c1O. The van der Waals surface area contributed by atoms with E-state index in [1.165, 1.54) is 18.2 Å². The molecule has 1 heterocycles. The van der Waals surface area contributed by atoms with Gasteiger partial charge in [0.1, 0.15) is 10.7 Å². The van der Waals surface area contributed by atoms with Crippen molar-refractivity contribution in [2.24, 2.45) is 0 Å². The van der Waals surface area contributed by atoms with Crippen molar-refractivity contribution in [1.29, 1.82) is 0 Å². The minimum absolute atomic E-state index is 0.0969. The van der Waals surface area contributed by atoms with Crippen LogP contribution >= 0.6 is 23.2 Å². The van der Waals surface area contributed by atoms with Crippen LogP contribution in [0.2, 0.25) is 10.0 Å². The highest BCUT2D eigenvalue weighted by Gasteiger charge is 2.23. The summed E-state index contributed by atoms with van der Waals surface area (Å²) in [5.41, 5.74) is 0.976. The lowest BCUT2D eigenvalue weighted by Gasteiger charge is -2.29. The molecule has 2 aromatic rings. The Morgan fingerprint density at radius 1 is 1.04 bits per heavy atom. The molecule has 1 aliphatic heterocycles. The molecule has 0 atom stereocenters. The molecule has 1 N–H and O–H groups in total. The van der Waals surface area contributed by atoms with Crippen molar-refractivity contribution in [3.63, 3.8) is 0 Å². The molecule has 1 aliphatic rings. The topological polar surface area (TPSA) is 57.6 Å². The lowest BCUT2D eigenvalue weighted by Crippen LogP contribution is -2.29. The number of rotatable bonds is 4. The smallest absolute Gasteiger partial charge is 0.186 e. The summed E-state index contributed by atoms with van der Waals surface area (Å²) >= 11 is 11.7. The Balaban J connectivity index is 1.94. The van der Waals surface area contributed by atoms with Crippen LogP contribution in [0, 0.1) is 5.82 Å². The van der Waals surface area contributed by atoms with Gasteiger partial charge in [-0.1, -0.05) is 23.2 Å². The average Bonchev–Trinajstić information content (AvgIpc) is 2.58. The molecule has 1 saturated heterocycles. The third-order valence-corrected chi connectivity index (χ3v) is 6.55. The molecule has 8 heteroatoms. The van der Waals surface area contributed by atoms with Crippen LogP contribution < -0.4 is 4.90 Å². The van der Waals surface area contributed by atoms with Crippen molar-refractivity contribution in [3.05, 3.63) is 51.8 Å². The quantitative estimate of drug-likeness (QED) is 0.775. The molecule has 0 unspecified atom stereocenters. The highest BCUT2D eigenvalue weighted by atomic mass is 35.5. The van der Waals surface area contributed by atoms with E-state index in [0.717, 1.165) is 38.4 Å². The van der Waals surface area contributed by atoms with Crippen LogP contribution in [-0.4, -0.2) is 26.6 Å². The lowest BCUT2D eigenvalue weighted by molar-refractivity contribution is 0.459. The number of piperidine rings is 1. The molecule has 2 aromatic carbocycles. The van der Waals surface area contributed by atoms with E-state index in [-0.39, 0.29) is 14.9 Å². The fourth-order valence-corrected chi connectivity index (χ4v) is 5.21. The summed E-state index contributed by atoms with van der Waals surface area (Å²) in [6.45, 7) is 1.64. The first kappa shape index (κ1) is 19.3.